The Hall–Kier alpha value is -1.72. The third-order valence-electron chi connectivity index (χ3n) is 2.42. The van der Waals surface area contributed by atoms with Gasteiger partial charge in [0.2, 0.25) is 0 Å². The SMILES string of the molecule is C#CC.C/C(O)=C/C(C)(C)/C(C)=C\C/C=C\CO.C=CC. The molecular formula is C19H32O2. The second-order valence-corrected chi connectivity index (χ2v) is 4.98. The Morgan fingerprint density at radius 1 is 1.29 bits per heavy atom. The minimum atomic E-state index is -0.119. The van der Waals surface area contributed by atoms with Crippen molar-refractivity contribution in [3.05, 3.63) is 48.3 Å². The molecule has 0 bridgehead atoms. The minimum absolute atomic E-state index is 0.0892. The molecule has 0 heterocycles. The lowest BCUT2D eigenvalue weighted by Crippen LogP contribution is -2.10. The fourth-order valence-corrected chi connectivity index (χ4v) is 1.31. The predicted molar refractivity (Wildman–Crippen MR) is 95.1 cm³/mol. The molecule has 0 aromatic heterocycles. The molecule has 21 heavy (non-hydrogen) atoms. The van der Waals surface area contributed by atoms with E-state index in [2.05, 4.69) is 38.8 Å². The number of hydrogen-bond donors (Lipinski definition) is 2. The van der Waals surface area contributed by atoms with E-state index < -0.39 is 0 Å². The lowest BCUT2D eigenvalue weighted by molar-refractivity contribution is 0.342. The second kappa shape index (κ2) is 16.3. The molecule has 0 rings (SSSR count). The molecule has 0 atom stereocenters. The number of terminal acetylenes is 1. The van der Waals surface area contributed by atoms with E-state index in [0.29, 0.717) is 5.76 Å². The van der Waals surface area contributed by atoms with Crippen molar-refractivity contribution < 1.29 is 10.2 Å². The van der Waals surface area contributed by atoms with Gasteiger partial charge in [0.05, 0.1) is 12.4 Å². The highest BCUT2D eigenvalue weighted by molar-refractivity contribution is 5.19. The van der Waals surface area contributed by atoms with Gasteiger partial charge in [-0.2, -0.15) is 0 Å². The van der Waals surface area contributed by atoms with Crippen LogP contribution < -0.4 is 0 Å². The summed E-state index contributed by atoms with van der Waals surface area (Å²) >= 11 is 0. The smallest absolute Gasteiger partial charge is 0.0860 e. The molecule has 0 unspecified atom stereocenters. The standard InChI is InChI=1S/C13H22O2.C3H6.C3H4/c1-11(8-6-5-7-9-14)13(3,4)10-12(2)15;2*1-3-2/h5,7-8,10,14-15H,6,9H2,1-4H3;3H,1H2,2H3;1H,2H3/b7-5-,11-8-,12-10-;;. The van der Waals surface area contributed by atoms with Crippen LogP contribution in [-0.4, -0.2) is 16.8 Å². The molecular weight excluding hydrogens is 260 g/mol. The molecule has 120 valence electrons. The Labute approximate surface area is 131 Å². The van der Waals surface area contributed by atoms with E-state index >= 15 is 0 Å². The van der Waals surface area contributed by atoms with Gasteiger partial charge in [-0.3, -0.25) is 0 Å². The van der Waals surface area contributed by atoms with Gasteiger partial charge in [0.1, 0.15) is 0 Å². The molecule has 0 aliphatic carbocycles. The van der Waals surface area contributed by atoms with Crippen molar-refractivity contribution in [3.8, 4) is 12.3 Å². The summed E-state index contributed by atoms with van der Waals surface area (Å²) in [6, 6.07) is 0. The van der Waals surface area contributed by atoms with Gasteiger partial charge in [-0.25, -0.2) is 0 Å². The molecule has 2 nitrogen and oxygen atoms in total. The van der Waals surface area contributed by atoms with Crippen molar-refractivity contribution in [1.29, 1.82) is 0 Å². The first-order valence-electron chi connectivity index (χ1n) is 6.99. The first kappa shape index (κ1) is 24.3. The van der Waals surface area contributed by atoms with E-state index in [9.17, 15) is 5.11 Å². The first-order valence-corrected chi connectivity index (χ1v) is 6.99. The maximum Gasteiger partial charge on any atom is 0.0860 e. The maximum atomic E-state index is 9.23. The third kappa shape index (κ3) is 20.8. The predicted octanol–water partition coefficient (Wildman–Crippen LogP) is 5.19. The van der Waals surface area contributed by atoms with Crippen molar-refractivity contribution in [2.75, 3.05) is 6.61 Å². The molecule has 0 saturated carbocycles. The van der Waals surface area contributed by atoms with Crippen LogP contribution in [-0.2, 0) is 0 Å². The number of hydrogen-bond acceptors (Lipinski definition) is 2. The van der Waals surface area contributed by atoms with Crippen LogP contribution in [0.4, 0.5) is 0 Å². The summed E-state index contributed by atoms with van der Waals surface area (Å²) < 4.78 is 0. The summed E-state index contributed by atoms with van der Waals surface area (Å²) in [7, 11) is 0. The quantitative estimate of drug-likeness (QED) is 0.416. The van der Waals surface area contributed by atoms with Crippen molar-refractivity contribution in [1.82, 2.24) is 0 Å². The molecule has 0 aromatic rings. The minimum Gasteiger partial charge on any atom is -0.513 e. The molecule has 0 spiro atoms. The number of rotatable bonds is 5. The van der Waals surface area contributed by atoms with Crippen molar-refractivity contribution in [2.24, 2.45) is 5.41 Å². The molecule has 0 aliphatic heterocycles. The van der Waals surface area contributed by atoms with E-state index in [1.165, 1.54) is 5.57 Å². The van der Waals surface area contributed by atoms with Gasteiger partial charge >= 0.3 is 0 Å². The third-order valence-corrected chi connectivity index (χ3v) is 2.42. The molecule has 0 fully saturated rings. The zero-order chi connectivity index (χ0) is 17.3. The van der Waals surface area contributed by atoms with Crippen LogP contribution in [0.5, 0.6) is 0 Å². The molecule has 2 heteroatoms. The van der Waals surface area contributed by atoms with Crippen LogP contribution in [0, 0.1) is 17.8 Å². The van der Waals surface area contributed by atoms with Gasteiger partial charge in [0.25, 0.3) is 0 Å². The first-order chi connectivity index (χ1) is 9.73. The maximum absolute atomic E-state index is 9.23. The molecule has 0 radical (unpaired) electrons. The molecule has 0 amide bonds. The van der Waals surface area contributed by atoms with Crippen LogP contribution in [0.1, 0.15) is 48.0 Å². The van der Waals surface area contributed by atoms with Crippen LogP contribution in [0.15, 0.2) is 48.3 Å². The summed E-state index contributed by atoms with van der Waals surface area (Å²) in [4.78, 5) is 0. The zero-order valence-electron chi connectivity index (χ0n) is 14.5. The molecule has 2 N–H and O–H groups in total. The lowest BCUT2D eigenvalue weighted by Gasteiger charge is -2.21. The fraction of sp³-hybridized carbons (Fsp3) is 0.474. The van der Waals surface area contributed by atoms with E-state index in [0.717, 1.165) is 6.42 Å². The number of aliphatic hydroxyl groups excluding tert-OH is 2. The van der Waals surface area contributed by atoms with E-state index in [1.54, 1.807) is 26.0 Å². The molecule has 0 aliphatic rings. The Morgan fingerprint density at radius 2 is 1.71 bits per heavy atom. The van der Waals surface area contributed by atoms with Crippen LogP contribution in [0.3, 0.4) is 0 Å². The second-order valence-electron chi connectivity index (χ2n) is 4.98. The molecule has 0 saturated heterocycles. The number of allylic oxidation sites excluding steroid dienone is 6. The van der Waals surface area contributed by atoms with E-state index in [-0.39, 0.29) is 12.0 Å². The Bertz CT molecular complexity index is 373. The van der Waals surface area contributed by atoms with Gasteiger partial charge in [-0.15, -0.1) is 18.9 Å². The Balaban J connectivity index is -0.000000460. The van der Waals surface area contributed by atoms with Gasteiger partial charge < -0.3 is 10.2 Å². The summed E-state index contributed by atoms with van der Waals surface area (Å²) in [5, 5.41) is 17.8. The highest BCUT2D eigenvalue weighted by Gasteiger charge is 2.16. The van der Waals surface area contributed by atoms with Gasteiger partial charge in [-0.05, 0) is 40.2 Å². The summed E-state index contributed by atoms with van der Waals surface area (Å²) in [6.45, 7) is 14.8. The summed E-state index contributed by atoms with van der Waals surface area (Å²) in [6.07, 6.45) is 14.8. The summed E-state index contributed by atoms with van der Waals surface area (Å²) in [5.41, 5.74) is 1.09. The van der Waals surface area contributed by atoms with Gasteiger partial charge in [0.15, 0.2) is 0 Å². The topological polar surface area (TPSA) is 40.5 Å². The average Bonchev–Trinajstić information content (AvgIpc) is 2.34. The zero-order valence-corrected chi connectivity index (χ0v) is 14.5. The van der Waals surface area contributed by atoms with Crippen LogP contribution in [0.25, 0.3) is 0 Å². The van der Waals surface area contributed by atoms with Gasteiger partial charge in [0, 0.05) is 5.41 Å². The fourth-order valence-electron chi connectivity index (χ4n) is 1.31. The summed E-state index contributed by atoms with van der Waals surface area (Å²) in [5.74, 6) is 2.60. The van der Waals surface area contributed by atoms with Crippen molar-refractivity contribution in [2.45, 2.75) is 48.0 Å². The highest BCUT2D eigenvalue weighted by Crippen LogP contribution is 2.28. The van der Waals surface area contributed by atoms with Crippen molar-refractivity contribution in [3.63, 3.8) is 0 Å². The monoisotopic (exact) mass is 292 g/mol. The lowest BCUT2D eigenvalue weighted by atomic mass is 9.84. The average molecular weight is 292 g/mol. The van der Waals surface area contributed by atoms with Crippen LogP contribution >= 0.6 is 0 Å². The van der Waals surface area contributed by atoms with Gasteiger partial charge in [-0.1, -0.05) is 43.7 Å². The largest absolute Gasteiger partial charge is 0.513 e. The Kier molecular flexibility index (Phi) is 18.9. The highest BCUT2D eigenvalue weighted by atomic mass is 16.3. The Morgan fingerprint density at radius 3 is 2.05 bits per heavy atom. The van der Waals surface area contributed by atoms with E-state index in [4.69, 9.17) is 5.11 Å². The van der Waals surface area contributed by atoms with Crippen LogP contribution in [0.2, 0.25) is 0 Å². The molecule has 0 aromatic carbocycles. The normalized spacial score (nSPS) is 11.7. The number of aliphatic hydroxyl groups is 2. The van der Waals surface area contributed by atoms with E-state index in [1.807, 2.05) is 26.0 Å². The van der Waals surface area contributed by atoms with Crippen molar-refractivity contribution >= 4 is 0 Å².